The van der Waals surface area contributed by atoms with E-state index in [9.17, 15) is 9.90 Å². The Kier molecular flexibility index (Phi) is 3.47. The van der Waals surface area contributed by atoms with Crippen molar-refractivity contribution in [2.75, 3.05) is 32.8 Å². The predicted molar refractivity (Wildman–Crippen MR) is 59.0 cm³/mol. The standard InChI is InChI=1S/C11H20N2O3/c1-11(7-12-8-11)16-6-10(15)13-4-2-9(14)3-5-13/h9,12,14H,2-8H2,1H3. The molecule has 2 fully saturated rings. The first-order valence-electron chi connectivity index (χ1n) is 5.90. The monoisotopic (exact) mass is 228 g/mol. The number of ether oxygens (including phenoxy) is 1. The van der Waals surface area contributed by atoms with Crippen molar-refractivity contribution in [1.29, 1.82) is 0 Å². The van der Waals surface area contributed by atoms with Gasteiger partial charge in [-0.2, -0.15) is 0 Å². The lowest BCUT2D eigenvalue weighted by Crippen LogP contribution is -2.59. The van der Waals surface area contributed by atoms with E-state index in [0.29, 0.717) is 25.9 Å². The van der Waals surface area contributed by atoms with Crippen LogP contribution in [-0.2, 0) is 9.53 Å². The summed E-state index contributed by atoms with van der Waals surface area (Å²) in [5, 5.41) is 12.5. The second-order valence-corrected chi connectivity index (χ2v) is 4.95. The molecular formula is C11H20N2O3. The van der Waals surface area contributed by atoms with Crippen molar-refractivity contribution in [1.82, 2.24) is 10.2 Å². The highest BCUT2D eigenvalue weighted by Crippen LogP contribution is 2.16. The molecule has 0 atom stereocenters. The van der Waals surface area contributed by atoms with Gasteiger partial charge in [0.2, 0.25) is 5.91 Å². The molecule has 2 aliphatic rings. The van der Waals surface area contributed by atoms with Crippen LogP contribution in [0.3, 0.4) is 0 Å². The second kappa shape index (κ2) is 4.69. The van der Waals surface area contributed by atoms with Crippen LogP contribution in [0.2, 0.25) is 0 Å². The minimum Gasteiger partial charge on any atom is -0.393 e. The molecule has 2 aliphatic heterocycles. The Labute approximate surface area is 95.8 Å². The molecule has 1 amide bonds. The third-order valence-corrected chi connectivity index (χ3v) is 3.36. The lowest BCUT2D eigenvalue weighted by atomic mass is 10.0. The number of aliphatic hydroxyl groups excluding tert-OH is 1. The first-order valence-corrected chi connectivity index (χ1v) is 5.90. The fourth-order valence-corrected chi connectivity index (χ4v) is 2.02. The molecule has 16 heavy (non-hydrogen) atoms. The van der Waals surface area contributed by atoms with E-state index in [2.05, 4.69) is 5.32 Å². The Bertz CT molecular complexity index is 258. The number of aliphatic hydroxyl groups is 1. The van der Waals surface area contributed by atoms with Crippen LogP contribution in [0.1, 0.15) is 19.8 Å². The number of carbonyl (C=O) groups excluding carboxylic acids is 1. The Hall–Kier alpha value is -0.650. The maximum absolute atomic E-state index is 11.8. The zero-order chi connectivity index (χ0) is 11.6. The Balaban J connectivity index is 1.71. The van der Waals surface area contributed by atoms with Crippen LogP contribution in [0.4, 0.5) is 0 Å². The van der Waals surface area contributed by atoms with Crippen LogP contribution in [0.15, 0.2) is 0 Å². The van der Waals surface area contributed by atoms with Crippen molar-refractivity contribution < 1.29 is 14.6 Å². The van der Waals surface area contributed by atoms with Gasteiger partial charge in [0.1, 0.15) is 6.61 Å². The molecule has 0 aromatic rings. The normalized spacial score (nSPS) is 25.2. The predicted octanol–water partition coefficient (Wildman–Crippen LogP) is -0.652. The number of amides is 1. The topological polar surface area (TPSA) is 61.8 Å². The fourth-order valence-electron chi connectivity index (χ4n) is 2.02. The average Bonchev–Trinajstić information content (AvgIpc) is 2.24. The molecule has 5 heteroatoms. The summed E-state index contributed by atoms with van der Waals surface area (Å²) in [7, 11) is 0. The van der Waals surface area contributed by atoms with Crippen LogP contribution >= 0.6 is 0 Å². The Morgan fingerprint density at radius 1 is 1.50 bits per heavy atom. The summed E-state index contributed by atoms with van der Waals surface area (Å²) < 4.78 is 5.59. The minimum absolute atomic E-state index is 0.0417. The molecule has 0 aliphatic carbocycles. The van der Waals surface area contributed by atoms with Crippen molar-refractivity contribution in [3.63, 3.8) is 0 Å². The molecule has 2 rings (SSSR count). The summed E-state index contributed by atoms with van der Waals surface area (Å²) in [4.78, 5) is 13.6. The molecular weight excluding hydrogens is 208 g/mol. The van der Waals surface area contributed by atoms with Gasteiger partial charge in [-0.3, -0.25) is 4.79 Å². The molecule has 0 unspecified atom stereocenters. The molecule has 0 aromatic heterocycles. The highest BCUT2D eigenvalue weighted by atomic mass is 16.5. The van der Waals surface area contributed by atoms with Crippen molar-refractivity contribution in [3.05, 3.63) is 0 Å². The van der Waals surface area contributed by atoms with Gasteiger partial charge >= 0.3 is 0 Å². The van der Waals surface area contributed by atoms with E-state index in [0.717, 1.165) is 13.1 Å². The van der Waals surface area contributed by atoms with Crippen LogP contribution in [0.5, 0.6) is 0 Å². The molecule has 92 valence electrons. The van der Waals surface area contributed by atoms with E-state index >= 15 is 0 Å². The van der Waals surface area contributed by atoms with Gasteiger partial charge in [-0.1, -0.05) is 0 Å². The SMILES string of the molecule is CC1(OCC(=O)N2CCC(O)CC2)CNC1. The number of piperidine rings is 1. The summed E-state index contributed by atoms with van der Waals surface area (Å²) in [6.45, 7) is 5.11. The van der Waals surface area contributed by atoms with Gasteiger partial charge in [0, 0.05) is 26.2 Å². The van der Waals surface area contributed by atoms with Crippen LogP contribution in [0.25, 0.3) is 0 Å². The van der Waals surface area contributed by atoms with E-state index in [1.54, 1.807) is 4.90 Å². The summed E-state index contributed by atoms with van der Waals surface area (Å²) in [5.41, 5.74) is -0.162. The Morgan fingerprint density at radius 2 is 2.12 bits per heavy atom. The average molecular weight is 228 g/mol. The smallest absolute Gasteiger partial charge is 0.248 e. The number of nitrogens with zero attached hydrogens (tertiary/aromatic N) is 1. The van der Waals surface area contributed by atoms with E-state index < -0.39 is 0 Å². The van der Waals surface area contributed by atoms with E-state index in [1.165, 1.54) is 0 Å². The van der Waals surface area contributed by atoms with E-state index in [1.807, 2.05) is 6.92 Å². The molecule has 0 spiro atoms. The third kappa shape index (κ3) is 2.72. The summed E-state index contributed by atoms with van der Waals surface area (Å²) in [6, 6.07) is 0. The third-order valence-electron chi connectivity index (χ3n) is 3.36. The number of hydrogen-bond acceptors (Lipinski definition) is 4. The van der Waals surface area contributed by atoms with Gasteiger partial charge in [-0.15, -0.1) is 0 Å². The van der Waals surface area contributed by atoms with Crippen molar-refractivity contribution in [2.24, 2.45) is 0 Å². The van der Waals surface area contributed by atoms with Gasteiger partial charge in [0.25, 0.3) is 0 Å². The number of hydrogen-bond donors (Lipinski definition) is 2. The molecule has 2 N–H and O–H groups in total. The Morgan fingerprint density at radius 3 is 2.62 bits per heavy atom. The summed E-state index contributed by atoms with van der Waals surface area (Å²) in [5.74, 6) is 0.0417. The van der Waals surface area contributed by atoms with Gasteiger partial charge in [0.15, 0.2) is 0 Å². The van der Waals surface area contributed by atoms with Crippen LogP contribution < -0.4 is 5.32 Å². The van der Waals surface area contributed by atoms with Crippen LogP contribution in [0, 0.1) is 0 Å². The van der Waals surface area contributed by atoms with Crippen LogP contribution in [-0.4, -0.2) is 60.4 Å². The number of nitrogens with one attached hydrogen (secondary N) is 1. The van der Waals surface area contributed by atoms with E-state index in [-0.39, 0.29) is 24.2 Å². The molecule has 5 nitrogen and oxygen atoms in total. The molecule has 0 bridgehead atoms. The maximum atomic E-state index is 11.8. The highest BCUT2D eigenvalue weighted by Gasteiger charge is 2.33. The first-order chi connectivity index (χ1) is 7.59. The zero-order valence-electron chi connectivity index (χ0n) is 9.74. The number of rotatable bonds is 3. The molecule has 0 aromatic carbocycles. The van der Waals surface area contributed by atoms with Gasteiger partial charge < -0.3 is 20.1 Å². The second-order valence-electron chi connectivity index (χ2n) is 4.95. The molecule has 0 saturated carbocycles. The molecule has 2 saturated heterocycles. The summed E-state index contributed by atoms with van der Waals surface area (Å²) >= 11 is 0. The molecule has 0 radical (unpaired) electrons. The van der Waals surface area contributed by atoms with Crippen molar-refractivity contribution in [2.45, 2.75) is 31.5 Å². The van der Waals surface area contributed by atoms with E-state index in [4.69, 9.17) is 4.74 Å². The quantitative estimate of drug-likeness (QED) is 0.674. The minimum atomic E-state index is -0.238. The zero-order valence-corrected chi connectivity index (χ0v) is 9.74. The maximum Gasteiger partial charge on any atom is 0.248 e. The lowest BCUT2D eigenvalue weighted by molar-refractivity contribution is -0.147. The lowest BCUT2D eigenvalue weighted by Gasteiger charge is -2.39. The van der Waals surface area contributed by atoms with Gasteiger partial charge in [-0.25, -0.2) is 0 Å². The van der Waals surface area contributed by atoms with Gasteiger partial charge in [0.05, 0.1) is 11.7 Å². The molecule has 2 heterocycles. The van der Waals surface area contributed by atoms with Gasteiger partial charge in [-0.05, 0) is 19.8 Å². The highest BCUT2D eigenvalue weighted by molar-refractivity contribution is 5.77. The first kappa shape index (κ1) is 11.8. The number of carbonyl (C=O) groups is 1. The number of likely N-dealkylation sites (tertiary alicyclic amines) is 1. The fraction of sp³-hybridized carbons (Fsp3) is 0.909. The summed E-state index contributed by atoms with van der Waals surface area (Å²) in [6.07, 6.45) is 1.13. The largest absolute Gasteiger partial charge is 0.393 e. The van der Waals surface area contributed by atoms with Crippen molar-refractivity contribution >= 4 is 5.91 Å². The van der Waals surface area contributed by atoms with Crippen molar-refractivity contribution in [3.8, 4) is 0 Å².